The second-order valence-electron chi connectivity index (χ2n) is 4.18. The fourth-order valence-corrected chi connectivity index (χ4v) is 1.70. The molecular weight excluding hydrogens is 226 g/mol. The van der Waals surface area contributed by atoms with Crippen molar-refractivity contribution in [1.29, 1.82) is 0 Å². The number of hydrogen-bond donors (Lipinski definition) is 2. The zero-order valence-electron chi connectivity index (χ0n) is 9.92. The number of halogens is 1. The van der Waals surface area contributed by atoms with Gasteiger partial charge in [-0.15, -0.1) is 0 Å². The fraction of sp³-hybridized carbons (Fsp3) is 0.636. The number of aliphatic hydroxyl groups is 1. The van der Waals surface area contributed by atoms with Gasteiger partial charge in [0, 0.05) is 23.9 Å². The van der Waals surface area contributed by atoms with Crippen LogP contribution in [-0.4, -0.2) is 27.2 Å². The summed E-state index contributed by atoms with van der Waals surface area (Å²) in [5.41, 5.74) is 0.656. The highest BCUT2D eigenvalue weighted by Gasteiger charge is 2.21. The van der Waals surface area contributed by atoms with Crippen molar-refractivity contribution in [2.24, 2.45) is 0 Å². The monoisotopic (exact) mass is 243 g/mol. The first-order chi connectivity index (χ1) is 7.49. The zero-order valence-corrected chi connectivity index (χ0v) is 10.7. The molecular formula is C11H18ClN3O. The molecule has 1 heterocycles. The predicted octanol–water partition coefficient (Wildman–Crippen LogP) is 2.40. The van der Waals surface area contributed by atoms with Gasteiger partial charge < -0.3 is 10.4 Å². The van der Waals surface area contributed by atoms with Crippen molar-refractivity contribution >= 4 is 17.4 Å². The molecule has 5 heteroatoms. The van der Waals surface area contributed by atoms with Gasteiger partial charge in [-0.2, -0.15) is 0 Å². The van der Waals surface area contributed by atoms with Crippen LogP contribution in [-0.2, 0) is 0 Å². The molecule has 0 fully saturated rings. The van der Waals surface area contributed by atoms with E-state index in [0.29, 0.717) is 12.2 Å². The molecule has 4 nitrogen and oxygen atoms in total. The van der Waals surface area contributed by atoms with Gasteiger partial charge in [0.05, 0.1) is 0 Å². The average molecular weight is 244 g/mol. The molecule has 0 radical (unpaired) electrons. The molecule has 2 N–H and O–H groups in total. The number of rotatable bonds is 5. The van der Waals surface area contributed by atoms with Crippen LogP contribution in [0.1, 0.15) is 32.4 Å². The van der Waals surface area contributed by atoms with Crippen LogP contribution in [0.2, 0.25) is 5.28 Å². The molecule has 1 aromatic heterocycles. The molecule has 0 bridgehead atoms. The molecule has 0 aliphatic rings. The standard InChI is InChI=1S/C11H18ClN3O/c1-4-11(3,5-6-16)15-9-7-8(2)13-10(12)14-9/h7,16H,4-6H2,1-3H3,(H,13,14,15). The first-order valence-electron chi connectivity index (χ1n) is 5.39. The molecule has 1 aromatic rings. The van der Waals surface area contributed by atoms with E-state index in [2.05, 4.69) is 29.1 Å². The molecule has 0 amide bonds. The van der Waals surface area contributed by atoms with E-state index in [1.54, 1.807) is 0 Å². The fourth-order valence-electron chi connectivity index (χ4n) is 1.48. The summed E-state index contributed by atoms with van der Waals surface area (Å²) in [6, 6.07) is 1.84. The number of anilines is 1. The summed E-state index contributed by atoms with van der Waals surface area (Å²) in [5.74, 6) is 0.704. The summed E-state index contributed by atoms with van der Waals surface area (Å²) in [6.45, 7) is 6.14. The third-order valence-electron chi connectivity index (χ3n) is 2.70. The van der Waals surface area contributed by atoms with E-state index < -0.39 is 0 Å². The Morgan fingerprint density at radius 2 is 2.19 bits per heavy atom. The molecule has 1 atom stereocenters. The Hall–Kier alpha value is -0.870. The van der Waals surface area contributed by atoms with E-state index in [1.165, 1.54) is 0 Å². The van der Waals surface area contributed by atoms with E-state index in [1.807, 2.05) is 13.0 Å². The van der Waals surface area contributed by atoms with Crippen LogP contribution < -0.4 is 5.32 Å². The minimum atomic E-state index is -0.168. The summed E-state index contributed by atoms with van der Waals surface area (Å²) in [7, 11) is 0. The Kier molecular flexibility index (Phi) is 4.50. The van der Waals surface area contributed by atoms with E-state index >= 15 is 0 Å². The Labute approximate surface area is 101 Å². The van der Waals surface area contributed by atoms with Crippen LogP contribution in [0.15, 0.2) is 6.07 Å². The van der Waals surface area contributed by atoms with Crippen molar-refractivity contribution in [2.75, 3.05) is 11.9 Å². The smallest absolute Gasteiger partial charge is 0.224 e. The number of aliphatic hydroxyl groups excluding tert-OH is 1. The highest BCUT2D eigenvalue weighted by Crippen LogP contribution is 2.21. The van der Waals surface area contributed by atoms with Crippen LogP contribution >= 0.6 is 11.6 Å². The summed E-state index contributed by atoms with van der Waals surface area (Å²) < 4.78 is 0. The highest BCUT2D eigenvalue weighted by atomic mass is 35.5. The van der Waals surface area contributed by atoms with E-state index in [0.717, 1.165) is 12.1 Å². The average Bonchev–Trinajstić information content (AvgIpc) is 2.16. The molecule has 0 saturated carbocycles. The van der Waals surface area contributed by atoms with Crippen molar-refractivity contribution in [3.63, 3.8) is 0 Å². The number of aryl methyl sites for hydroxylation is 1. The highest BCUT2D eigenvalue weighted by molar-refractivity contribution is 6.28. The van der Waals surface area contributed by atoms with Gasteiger partial charge in [0.15, 0.2) is 0 Å². The van der Waals surface area contributed by atoms with Gasteiger partial charge >= 0.3 is 0 Å². The summed E-state index contributed by atoms with van der Waals surface area (Å²) in [5, 5.41) is 12.6. The second kappa shape index (κ2) is 5.46. The second-order valence-corrected chi connectivity index (χ2v) is 4.51. The first-order valence-corrected chi connectivity index (χ1v) is 5.77. The predicted molar refractivity (Wildman–Crippen MR) is 65.8 cm³/mol. The molecule has 90 valence electrons. The van der Waals surface area contributed by atoms with Crippen molar-refractivity contribution in [3.05, 3.63) is 17.0 Å². The maximum atomic E-state index is 9.02. The van der Waals surface area contributed by atoms with Gasteiger partial charge in [-0.05, 0) is 38.3 Å². The minimum Gasteiger partial charge on any atom is -0.396 e. The number of aromatic nitrogens is 2. The molecule has 0 aliphatic heterocycles. The van der Waals surface area contributed by atoms with Gasteiger partial charge in [0.25, 0.3) is 0 Å². The lowest BCUT2D eigenvalue weighted by Crippen LogP contribution is -2.35. The molecule has 1 rings (SSSR count). The molecule has 16 heavy (non-hydrogen) atoms. The number of nitrogens with zero attached hydrogens (tertiary/aromatic N) is 2. The molecule has 0 saturated heterocycles. The van der Waals surface area contributed by atoms with Gasteiger partial charge in [-0.3, -0.25) is 0 Å². The molecule has 1 unspecified atom stereocenters. The van der Waals surface area contributed by atoms with Crippen LogP contribution in [0.3, 0.4) is 0 Å². The van der Waals surface area contributed by atoms with E-state index in [4.69, 9.17) is 16.7 Å². The summed E-state index contributed by atoms with van der Waals surface area (Å²) in [4.78, 5) is 8.11. The lowest BCUT2D eigenvalue weighted by molar-refractivity contribution is 0.252. The first kappa shape index (κ1) is 13.2. The maximum Gasteiger partial charge on any atom is 0.224 e. The van der Waals surface area contributed by atoms with E-state index in [-0.39, 0.29) is 17.4 Å². The van der Waals surface area contributed by atoms with Crippen molar-refractivity contribution in [1.82, 2.24) is 9.97 Å². The Bertz CT molecular complexity index is 339. The Morgan fingerprint density at radius 3 is 2.69 bits per heavy atom. The number of nitrogens with one attached hydrogen (secondary N) is 1. The van der Waals surface area contributed by atoms with Crippen LogP contribution in [0.5, 0.6) is 0 Å². The molecule has 0 aliphatic carbocycles. The zero-order chi connectivity index (χ0) is 12.2. The quantitative estimate of drug-likeness (QED) is 0.780. The Morgan fingerprint density at radius 1 is 1.50 bits per heavy atom. The van der Waals surface area contributed by atoms with Crippen LogP contribution in [0.4, 0.5) is 5.82 Å². The topological polar surface area (TPSA) is 58.0 Å². The van der Waals surface area contributed by atoms with E-state index in [9.17, 15) is 0 Å². The van der Waals surface area contributed by atoms with Gasteiger partial charge in [0.1, 0.15) is 5.82 Å². The Balaban J connectivity index is 2.85. The van der Waals surface area contributed by atoms with Crippen molar-refractivity contribution < 1.29 is 5.11 Å². The lowest BCUT2D eigenvalue weighted by atomic mass is 9.95. The normalized spacial score (nSPS) is 14.6. The molecule has 0 aromatic carbocycles. The third kappa shape index (κ3) is 3.61. The van der Waals surface area contributed by atoms with Crippen LogP contribution in [0, 0.1) is 6.92 Å². The van der Waals surface area contributed by atoms with Crippen LogP contribution in [0.25, 0.3) is 0 Å². The summed E-state index contributed by atoms with van der Waals surface area (Å²) >= 11 is 5.79. The third-order valence-corrected chi connectivity index (χ3v) is 2.87. The van der Waals surface area contributed by atoms with Crippen molar-refractivity contribution in [2.45, 2.75) is 39.2 Å². The SMILES string of the molecule is CCC(C)(CCO)Nc1cc(C)nc(Cl)n1. The summed E-state index contributed by atoms with van der Waals surface area (Å²) in [6.07, 6.45) is 1.57. The van der Waals surface area contributed by atoms with Gasteiger partial charge in [-0.25, -0.2) is 9.97 Å². The number of hydrogen-bond acceptors (Lipinski definition) is 4. The maximum absolute atomic E-state index is 9.02. The van der Waals surface area contributed by atoms with Gasteiger partial charge in [-0.1, -0.05) is 6.92 Å². The largest absolute Gasteiger partial charge is 0.396 e. The van der Waals surface area contributed by atoms with Crippen molar-refractivity contribution in [3.8, 4) is 0 Å². The lowest BCUT2D eigenvalue weighted by Gasteiger charge is -2.29. The molecule has 0 spiro atoms. The van der Waals surface area contributed by atoms with Gasteiger partial charge in [0.2, 0.25) is 5.28 Å². The minimum absolute atomic E-state index is 0.148.